The van der Waals surface area contributed by atoms with Gasteiger partial charge in [-0.1, -0.05) is 28.1 Å². The summed E-state index contributed by atoms with van der Waals surface area (Å²) >= 11 is 3.49. The van der Waals surface area contributed by atoms with E-state index < -0.39 is 0 Å². The van der Waals surface area contributed by atoms with Crippen LogP contribution in [0.25, 0.3) is 0 Å². The average Bonchev–Trinajstić information content (AvgIpc) is 2.21. The van der Waals surface area contributed by atoms with Gasteiger partial charge < -0.3 is 11.1 Å². The van der Waals surface area contributed by atoms with E-state index in [2.05, 4.69) is 45.5 Å². The highest BCUT2D eigenvalue weighted by atomic mass is 79.9. The molecule has 1 aromatic rings. The second kappa shape index (κ2) is 5.80. The fourth-order valence-electron chi connectivity index (χ4n) is 2.19. The van der Waals surface area contributed by atoms with Gasteiger partial charge in [0.1, 0.15) is 0 Å². The summed E-state index contributed by atoms with van der Waals surface area (Å²) in [7, 11) is 0. The lowest BCUT2D eigenvalue weighted by Gasteiger charge is -2.32. The van der Waals surface area contributed by atoms with Crippen LogP contribution in [0.2, 0.25) is 0 Å². The van der Waals surface area contributed by atoms with Crippen molar-refractivity contribution in [3.05, 3.63) is 34.3 Å². The van der Waals surface area contributed by atoms with Gasteiger partial charge in [-0.05, 0) is 56.0 Å². The van der Waals surface area contributed by atoms with Gasteiger partial charge in [0.05, 0.1) is 0 Å². The summed E-state index contributed by atoms with van der Waals surface area (Å²) in [5.41, 5.74) is 7.13. The summed E-state index contributed by atoms with van der Waals surface area (Å²) in [4.78, 5) is 0. The highest BCUT2D eigenvalue weighted by Gasteiger charge is 2.24. The first-order chi connectivity index (χ1) is 7.74. The summed E-state index contributed by atoms with van der Waals surface area (Å²) in [6.45, 7) is 2.18. The number of rotatable bonds is 5. The average molecular weight is 283 g/mol. The maximum Gasteiger partial charge on any atom is 0.0178 e. The first-order valence-corrected chi connectivity index (χ1v) is 6.74. The van der Waals surface area contributed by atoms with Crippen LogP contribution in [0.3, 0.4) is 0 Å². The Kier molecular flexibility index (Phi) is 4.38. The van der Waals surface area contributed by atoms with E-state index >= 15 is 0 Å². The van der Waals surface area contributed by atoms with Crippen molar-refractivity contribution >= 4 is 15.9 Å². The van der Waals surface area contributed by atoms with Crippen LogP contribution in [0.5, 0.6) is 0 Å². The summed E-state index contributed by atoms with van der Waals surface area (Å²) < 4.78 is 1.16. The molecule has 88 valence electrons. The zero-order valence-corrected chi connectivity index (χ0v) is 11.0. The van der Waals surface area contributed by atoms with Gasteiger partial charge in [0, 0.05) is 10.5 Å². The molecule has 16 heavy (non-hydrogen) atoms. The van der Waals surface area contributed by atoms with Crippen LogP contribution < -0.4 is 11.1 Å². The summed E-state index contributed by atoms with van der Waals surface area (Å²) in [5.74, 6) is 0.817. The van der Waals surface area contributed by atoms with Gasteiger partial charge in [-0.3, -0.25) is 0 Å². The molecule has 0 bridgehead atoms. The molecule has 1 aliphatic carbocycles. The number of benzene rings is 1. The minimum Gasteiger partial charge on any atom is -0.328 e. The van der Waals surface area contributed by atoms with Crippen LogP contribution in [0.15, 0.2) is 28.7 Å². The van der Waals surface area contributed by atoms with E-state index in [-0.39, 0.29) is 0 Å². The maximum absolute atomic E-state index is 5.75. The third kappa shape index (κ3) is 3.58. The van der Waals surface area contributed by atoms with Gasteiger partial charge in [-0.2, -0.15) is 0 Å². The SMILES string of the molecule is NC1CC(CNCCc2cccc(Br)c2)C1. The molecule has 0 atom stereocenters. The van der Waals surface area contributed by atoms with Crippen LogP contribution in [0, 0.1) is 5.92 Å². The summed E-state index contributed by atoms with van der Waals surface area (Å²) in [6, 6.07) is 8.97. The van der Waals surface area contributed by atoms with E-state index in [1.807, 2.05) is 0 Å². The third-order valence-corrected chi connectivity index (χ3v) is 3.68. The largest absolute Gasteiger partial charge is 0.328 e. The van der Waals surface area contributed by atoms with Crippen molar-refractivity contribution in [2.45, 2.75) is 25.3 Å². The number of hydrogen-bond acceptors (Lipinski definition) is 2. The Bertz CT molecular complexity index is 334. The number of nitrogens with two attached hydrogens (primary N) is 1. The molecule has 1 fully saturated rings. The molecule has 0 aliphatic heterocycles. The first-order valence-electron chi connectivity index (χ1n) is 5.95. The zero-order chi connectivity index (χ0) is 11.4. The predicted octanol–water partition coefficient (Wildman–Crippen LogP) is 2.32. The quantitative estimate of drug-likeness (QED) is 0.814. The van der Waals surface area contributed by atoms with Gasteiger partial charge in [0.15, 0.2) is 0 Å². The Balaban J connectivity index is 1.61. The highest BCUT2D eigenvalue weighted by Crippen LogP contribution is 2.24. The standard InChI is InChI=1S/C13H19BrN2/c14-12-3-1-2-10(6-12)4-5-16-9-11-7-13(15)8-11/h1-3,6,11,13,16H,4-5,7-9,15H2. The lowest BCUT2D eigenvalue weighted by molar-refractivity contribution is 0.257. The number of hydrogen-bond donors (Lipinski definition) is 2. The lowest BCUT2D eigenvalue weighted by atomic mass is 9.81. The normalized spacial score (nSPS) is 24.1. The minimum atomic E-state index is 0.469. The highest BCUT2D eigenvalue weighted by molar-refractivity contribution is 9.10. The van der Waals surface area contributed by atoms with Crippen molar-refractivity contribution in [1.82, 2.24) is 5.32 Å². The molecule has 2 nitrogen and oxygen atoms in total. The van der Waals surface area contributed by atoms with E-state index in [0.717, 1.165) is 29.9 Å². The van der Waals surface area contributed by atoms with Crippen LogP contribution in [0.4, 0.5) is 0 Å². The summed E-state index contributed by atoms with van der Waals surface area (Å²) in [6.07, 6.45) is 3.49. The van der Waals surface area contributed by atoms with Gasteiger partial charge in [0.25, 0.3) is 0 Å². The monoisotopic (exact) mass is 282 g/mol. The molecule has 0 heterocycles. The molecule has 1 aromatic carbocycles. The van der Waals surface area contributed by atoms with E-state index in [4.69, 9.17) is 5.73 Å². The second-order valence-corrected chi connectivity index (χ2v) is 5.60. The van der Waals surface area contributed by atoms with Crippen LogP contribution >= 0.6 is 15.9 Å². The Hall–Kier alpha value is -0.380. The fourth-order valence-corrected chi connectivity index (χ4v) is 2.63. The molecule has 0 saturated heterocycles. The van der Waals surface area contributed by atoms with Gasteiger partial charge in [0.2, 0.25) is 0 Å². The van der Waals surface area contributed by atoms with E-state index in [0.29, 0.717) is 6.04 Å². The van der Waals surface area contributed by atoms with E-state index in [1.165, 1.54) is 18.4 Å². The molecule has 0 unspecified atom stereocenters. The van der Waals surface area contributed by atoms with Crippen LogP contribution in [-0.4, -0.2) is 19.1 Å². The molecular weight excluding hydrogens is 264 g/mol. The van der Waals surface area contributed by atoms with Crippen molar-refractivity contribution in [3.8, 4) is 0 Å². The molecule has 0 amide bonds. The van der Waals surface area contributed by atoms with E-state index in [1.54, 1.807) is 0 Å². The molecule has 0 aromatic heterocycles. The Morgan fingerprint density at radius 1 is 1.38 bits per heavy atom. The first kappa shape index (κ1) is 12.1. The fraction of sp³-hybridized carbons (Fsp3) is 0.538. The Morgan fingerprint density at radius 3 is 2.88 bits per heavy atom. The van der Waals surface area contributed by atoms with Crippen molar-refractivity contribution in [2.75, 3.05) is 13.1 Å². The van der Waals surface area contributed by atoms with Gasteiger partial charge >= 0.3 is 0 Å². The lowest BCUT2D eigenvalue weighted by Crippen LogP contribution is -2.41. The number of nitrogens with one attached hydrogen (secondary N) is 1. The third-order valence-electron chi connectivity index (χ3n) is 3.18. The molecule has 3 N–H and O–H groups in total. The minimum absolute atomic E-state index is 0.469. The summed E-state index contributed by atoms with van der Waals surface area (Å²) in [5, 5.41) is 3.50. The topological polar surface area (TPSA) is 38.0 Å². The van der Waals surface area contributed by atoms with Crippen molar-refractivity contribution < 1.29 is 0 Å². The Morgan fingerprint density at radius 2 is 2.19 bits per heavy atom. The number of halogens is 1. The molecule has 2 rings (SSSR count). The van der Waals surface area contributed by atoms with Crippen molar-refractivity contribution in [2.24, 2.45) is 11.7 Å². The molecule has 1 aliphatic rings. The van der Waals surface area contributed by atoms with Crippen molar-refractivity contribution in [1.29, 1.82) is 0 Å². The van der Waals surface area contributed by atoms with Crippen LogP contribution in [-0.2, 0) is 6.42 Å². The maximum atomic E-state index is 5.75. The van der Waals surface area contributed by atoms with Gasteiger partial charge in [-0.25, -0.2) is 0 Å². The predicted molar refractivity (Wildman–Crippen MR) is 71.4 cm³/mol. The molecule has 3 heteroatoms. The zero-order valence-electron chi connectivity index (χ0n) is 9.45. The smallest absolute Gasteiger partial charge is 0.0178 e. The van der Waals surface area contributed by atoms with E-state index in [9.17, 15) is 0 Å². The second-order valence-electron chi connectivity index (χ2n) is 4.68. The molecule has 1 saturated carbocycles. The Labute approximate surface area is 106 Å². The molecule has 0 spiro atoms. The molecule has 0 radical (unpaired) electrons. The van der Waals surface area contributed by atoms with Crippen molar-refractivity contribution in [3.63, 3.8) is 0 Å². The molecular formula is C13H19BrN2. The van der Waals surface area contributed by atoms with Gasteiger partial charge in [-0.15, -0.1) is 0 Å². The van der Waals surface area contributed by atoms with Crippen LogP contribution in [0.1, 0.15) is 18.4 Å².